The topological polar surface area (TPSA) is 71.1 Å². The number of fused-ring (bicyclic) bond motifs is 3. The van der Waals surface area contributed by atoms with E-state index < -0.39 is 0 Å². The van der Waals surface area contributed by atoms with Crippen LogP contribution in [0.25, 0.3) is 26.4 Å². The fourth-order valence-electron chi connectivity index (χ4n) is 4.35. The molecule has 0 unspecified atom stereocenters. The van der Waals surface area contributed by atoms with Gasteiger partial charge in [-0.05, 0) is 37.3 Å². The van der Waals surface area contributed by atoms with Crippen molar-refractivity contribution in [3.8, 4) is 11.3 Å². The summed E-state index contributed by atoms with van der Waals surface area (Å²) < 4.78 is 8.32. The second kappa shape index (κ2) is 8.14. The van der Waals surface area contributed by atoms with Gasteiger partial charge in [-0.3, -0.25) is 14.0 Å². The van der Waals surface area contributed by atoms with E-state index in [0.29, 0.717) is 37.5 Å². The third-order valence-corrected chi connectivity index (χ3v) is 7.29. The molecule has 1 fully saturated rings. The standard InChI is InChI=1S/C26H22N4O3S/c1-17-4-6-18(7-5-17)20-16-30-21-9-8-19(15-23(21)34-26(30)27-20)24(31)28-10-12-29(13-11-28)25(32)22-3-2-14-33-22/h2-9,14-16H,10-13H2,1H3. The summed E-state index contributed by atoms with van der Waals surface area (Å²) in [6.07, 6.45) is 3.55. The van der Waals surface area contributed by atoms with Crippen molar-refractivity contribution in [1.82, 2.24) is 19.2 Å². The predicted octanol–water partition coefficient (Wildman–Crippen LogP) is 4.72. The number of rotatable bonds is 3. The van der Waals surface area contributed by atoms with Crippen molar-refractivity contribution in [2.45, 2.75) is 6.92 Å². The largest absolute Gasteiger partial charge is 0.459 e. The lowest BCUT2D eigenvalue weighted by Gasteiger charge is -2.34. The number of nitrogens with zero attached hydrogens (tertiary/aromatic N) is 4. The molecule has 0 saturated carbocycles. The summed E-state index contributed by atoms with van der Waals surface area (Å²) in [5.41, 5.74) is 4.94. The number of hydrogen-bond acceptors (Lipinski definition) is 5. The van der Waals surface area contributed by atoms with Gasteiger partial charge in [-0.25, -0.2) is 4.98 Å². The molecule has 0 N–H and O–H groups in total. The maximum Gasteiger partial charge on any atom is 0.289 e. The Balaban J connectivity index is 1.20. The molecule has 4 heterocycles. The Labute approximate surface area is 199 Å². The molecule has 1 saturated heterocycles. The van der Waals surface area contributed by atoms with E-state index in [1.807, 2.05) is 18.2 Å². The molecule has 1 aliphatic rings. The third kappa shape index (κ3) is 3.56. The van der Waals surface area contributed by atoms with Gasteiger partial charge in [-0.1, -0.05) is 41.2 Å². The summed E-state index contributed by atoms with van der Waals surface area (Å²) in [6.45, 7) is 4.04. The third-order valence-electron chi connectivity index (χ3n) is 6.27. The fraction of sp³-hybridized carbons (Fsp3) is 0.192. The zero-order chi connectivity index (χ0) is 23.2. The van der Waals surface area contributed by atoms with Gasteiger partial charge in [-0.15, -0.1) is 0 Å². The molecule has 7 nitrogen and oxygen atoms in total. The molecule has 0 spiro atoms. The number of furan rings is 1. The number of benzene rings is 2. The van der Waals surface area contributed by atoms with Gasteiger partial charge < -0.3 is 14.2 Å². The molecule has 6 rings (SSSR count). The van der Waals surface area contributed by atoms with Crippen LogP contribution in [0.2, 0.25) is 0 Å². The highest BCUT2D eigenvalue weighted by Gasteiger charge is 2.27. The number of hydrogen-bond donors (Lipinski definition) is 0. The first-order valence-corrected chi connectivity index (χ1v) is 12.0. The van der Waals surface area contributed by atoms with Crippen molar-refractivity contribution >= 4 is 38.3 Å². The first kappa shape index (κ1) is 20.7. The van der Waals surface area contributed by atoms with Crippen LogP contribution >= 0.6 is 11.3 Å². The Morgan fingerprint density at radius 2 is 1.68 bits per heavy atom. The van der Waals surface area contributed by atoms with Gasteiger partial charge in [-0.2, -0.15) is 0 Å². The van der Waals surface area contributed by atoms with Crippen molar-refractivity contribution in [2.24, 2.45) is 0 Å². The second-order valence-electron chi connectivity index (χ2n) is 8.49. The second-order valence-corrected chi connectivity index (χ2v) is 9.50. The molecule has 0 aliphatic carbocycles. The van der Waals surface area contributed by atoms with Gasteiger partial charge in [0.15, 0.2) is 10.7 Å². The molecule has 0 bridgehead atoms. The lowest BCUT2D eigenvalue weighted by molar-refractivity contribution is 0.0518. The van der Waals surface area contributed by atoms with E-state index in [-0.39, 0.29) is 11.8 Å². The molecular formula is C26H22N4O3S. The van der Waals surface area contributed by atoms with Crippen LogP contribution in [-0.2, 0) is 0 Å². The van der Waals surface area contributed by atoms with Gasteiger partial charge in [0.25, 0.3) is 11.8 Å². The predicted molar refractivity (Wildman–Crippen MR) is 131 cm³/mol. The lowest BCUT2D eigenvalue weighted by atomic mass is 10.1. The van der Waals surface area contributed by atoms with Crippen LogP contribution in [0.4, 0.5) is 0 Å². The average molecular weight is 471 g/mol. The van der Waals surface area contributed by atoms with Crippen LogP contribution in [0, 0.1) is 6.92 Å². The number of aromatic nitrogens is 2. The molecule has 3 aromatic heterocycles. The van der Waals surface area contributed by atoms with Crippen molar-refractivity contribution in [3.63, 3.8) is 0 Å². The smallest absolute Gasteiger partial charge is 0.289 e. The Morgan fingerprint density at radius 3 is 2.38 bits per heavy atom. The molecule has 2 aromatic carbocycles. The summed E-state index contributed by atoms with van der Waals surface area (Å²) in [6, 6.07) is 17.5. The van der Waals surface area contributed by atoms with Gasteiger partial charge in [0, 0.05) is 43.5 Å². The van der Waals surface area contributed by atoms with Crippen LogP contribution in [0.5, 0.6) is 0 Å². The van der Waals surface area contributed by atoms with Gasteiger partial charge in [0.1, 0.15) is 0 Å². The van der Waals surface area contributed by atoms with Crippen molar-refractivity contribution < 1.29 is 14.0 Å². The minimum atomic E-state index is -0.134. The zero-order valence-electron chi connectivity index (χ0n) is 18.6. The van der Waals surface area contributed by atoms with Crippen molar-refractivity contribution in [1.29, 1.82) is 0 Å². The van der Waals surface area contributed by atoms with E-state index in [4.69, 9.17) is 9.40 Å². The summed E-state index contributed by atoms with van der Waals surface area (Å²) in [5, 5.41) is 0. The summed E-state index contributed by atoms with van der Waals surface area (Å²) in [5.74, 6) is 0.183. The summed E-state index contributed by atoms with van der Waals surface area (Å²) in [4.78, 5) is 34.9. The lowest BCUT2D eigenvalue weighted by Crippen LogP contribution is -2.50. The monoisotopic (exact) mass is 470 g/mol. The van der Waals surface area contributed by atoms with E-state index in [0.717, 1.165) is 26.4 Å². The van der Waals surface area contributed by atoms with E-state index in [1.165, 1.54) is 11.8 Å². The van der Waals surface area contributed by atoms with E-state index in [2.05, 4.69) is 41.8 Å². The van der Waals surface area contributed by atoms with Crippen molar-refractivity contribution in [2.75, 3.05) is 26.2 Å². The quantitative estimate of drug-likeness (QED) is 0.383. The number of amides is 2. The number of carbonyl (C=O) groups excluding carboxylic acids is 2. The Hall–Kier alpha value is -3.91. The zero-order valence-corrected chi connectivity index (χ0v) is 19.4. The van der Waals surface area contributed by atoms with Crippen molar-refractivity contribution in [3.05, 3.63) is 83.9 Å². The highest BCUT2D eigenvalue weighted by molar-refractivity contribution is 7.23. The van der Waals surface area contributed by atoms with Gasteiger partial charge >= 0.3 is 0 Å². The summed E-state index contributed by atoms with van der Waals surface area (Å²) >= 11 is 1.58. The van der Waals surface area contributed by atoms with Gasteiger partial charge in [0.05, 0.1) is 22.2 Å². The number of imidazole rings is 1. The van der Waals surface area contributed by atoms with E-state index >= 15 is 0 Å². The highest BCUT2D eigenvalue weighted by Crippen LogP contribution is 2.30. The van der Waals surface area contributed by atoms with Crippen LogP contribution in [0.15, 0.2) is 71.5 Å². The average Bonchev–Trinajstić information content (AvgIpc) is 3.60. The molecular weight excluding hydrogens is 448 g/mol. The SMILES string of the molecule is Cc1ccc(-c2cn3c(n2)sc2cc(C(=O)N4CCN(C(=O)c5ccco5)CC4)ccc23)cc1. The van der Waals surface area contributed by atoms with Gasteiger partial charge in [0.2, 0.25) is 0 Å². The van der Waals surface area contributed by atoms with Crippen LogP contribution in [0.1, 0.15) is 26.5 Å². The van der Waals surface area contributed by atoms with E-state index in [9.17, 15) is 9.59 Å². The number of thiazole rings is 1. The van der Waals surface area contributed by atoms with E-state index in [1.54, 1.807) is 33.3 Å². The Morgan fingerprint density at radius 1 is 0.941 bits per heavy atom. The normalized spacial score (nSPS) is 14.3. The molecule has 34 heavy (non-hydrogen) atoms. The molecule has 5 aromatic rings. The first-order valence-electron chi connectivity index (χ1n) is 11.2. The molecule has 1 aliphatic heterocycles. The molecule has 8 heteroatoms. The van der Waals surface area contributed by atoms with Crippen LogP contribution in [0.3, 0.4) is 0 Å². The van der Waals surface area contributed by atoms with Crippen LogP contribution in [-0.4, -0.2) is 57.2 Å². The maximum absolute atomic E-state index is 13.2. The Kier molecular flexibility index (Phi) is 4.95. The number of piperazine rings is 1. The summed E-state index contributed by atoms with van der Waals surface area (Å²) in [7, 11) is 0. The fourth-order valence-corrected chi connectivity index (χ4v) is 5.40. The highest BCUT2D eigenvalue weighted by atomic mass is 32.1. The number of aryl methyl sites for hydroxylation is 1. The number of carbonyl (C=O) groups is 2. The minimum absolute atomic E-state index is 0.0154. The maximum atomic E-state index is 13.2. The van der Waals surface area contributed by atoms with Crippen LogP contribution < -0.4 is 0 Å². The molecule has 0 atom stereocenters. The molecule has 0 radical (unpaired) electrons. The minimum Gasteiger partial charge on any atom is -0.459 e. The Bertz CT molecular complexity index is 1510. The molecule has 2 amide bonds. The molecule has 170 valence electrons. The first-order chi connectivity index (χ1) is 16.6.